The fourth-order valence-corrected chi connectivity index (χ4v) is 3.27. The molecule has 15 heavy (non-hydrogen) atoms. The average molecular weight is 226 g/mol. The van der Waals surface area contributed by atoms with Gasteiger partial charge in [0.25, 0.3) is 0 Å². The normalized spacial score (nSPS) is 31.7. The number of thiophene rings is 1. The summed E-state index contributed by atoms with van der Waals surface area (Å²) in [5.74, 6) is 0. The average Bonchev–Trinajstić information content (AvgIpc) is 2.70. The minimum Gasteiger partial charge on any atom is -0.387 e. The Morgan fingerprint density at radius 2 is 2.47 bits per heavy atom. The predicted octanol–water partition coefficient (Wildman–Crippen LogP) is 2.61. The van der Waals surface area contributed by atoms with E-state index >= 15 is 0 Å². The molecule has 84 valence electrons. The number of rotatable bonds is 3. The lowest BCUT2D eigenvalue weighted by molar-refractivity contribution is -0.115. The maximum absolute atomic E-state index is 10.6. The second-order valence-electron chi connectivity index (χ2n) is 4.33. The molecule has 2 unspecified atom stereocenters. The summed E-state index contributed by atoms with van der Waals surface area (Å²) in [6.07, 6.45) is 4.88. The summed E-state index contributed by atoms with van der Waals surface area (Å²) in [5, 5.41) is 12.6. The Bertz CT molecular complexity index is 297. The molecule has 1 aromatic heterocycles. The Labute approximate surface area is 94.9 Å². The van der Waals surface area contributed by atoms with Crippen molar-refractivity contribution in [1.82, 2.24) is 0 Å². The highest BCUT2D eigenvalue weighted by Gasteiger charge is 2.39. The monoisotopic (exact) mass is 226 g/mol. The fraction of sp³-hybridized carbons (Fsp3) is 0.667. The van der Waals surface area contributed by atoms with Gasteiger partial charge in [0, 0.05) is 18.4 Å². The molecule has 0 aromatic carbocycles. The third-order valence-electron chi connectivity index (χ3n) is 3.27. The molecule has 0 saturated heterocycles. The van der Waals surface area contributed by atoms with Crippen LogP contribution in [0.2, 0.25) is 0 Å². The quantitative estimate of drug-likeness (QED) is 0.858. The van der Waals surface area contributed by atoms with E-state index in [9.17, 15) is 5.11 Å². The smallest absolute Gasteiger partial charge is 0.0955 e. The van der Waals surface area contributed by atoms with Crippen LogP contribution in [0, 0.1) is 0 Å². The van der Waals surface area contributed by atoms with Gasteiger partial charge < -0.3 is 9.84 Å². The molecule has 1 saturated carbocycles. The highest BCUT2D eigenvalue weighted by Crippen LogP contribution is 2.34. The molecule has 0 radical (unpaired) electrons. The summed E-state index contributed by atoms with van der Waals surface area (Å²) in [5.41, 5.74) is -0.641. The first kappa shape index (κ1) is 11.1. The van der Waals surface area contributed by atoms with E-state index in [-0.39, 0.29) is 6.10 Å². The second kappa shape index (κ2) is 4.64. The van der Waals surface area contributed by atoms with Crippen molar-refractivity contribution in [2.45, 2.75) is 43.8 Å². The van der Waals surface area contributed by atoms with Crippen LogP contribution >= 0.6 is 11.3 Å². The maximum atomic E-state index is 10.6. The summed E-state index contributed by atoms with van der Waals surface area (Å²) >= 11 is 1.71. The van der Waals surface area contributed by atoms with Crippen LogP contribution < -0.4 is 0 Å². The van der Waals surface area contributed by atoms with Gasteiger partial charge in [0.2, 0.25) is 0 Å². The first-order chi connectivity index (χ1) is 7.24. The molecule has 1 aliphatic carbocycles. The molecular weight excluding hydrogens is 208 g/mol. The molecule has 0 amide bonds. The summed E-state index contributed by atoms with van der Waals surface area (Å²) in [7, 11) is 1.70. The van der Waals surface area contributed by atoms with Gasteiger partial charge in [-0.15, -0.1) is 11.3 Å². The number of aliphatic hydroxyl groups is 1. The number of methoxy groups -OCH3 is 1. The lowest BCUT2D eigenvalue weighted by Gasteiger charge is -2.38. The van der Waals surface area contributed by atoms with Crippen LogP contribution in [0.3, 0.4) is 0 Å². The van der Waals surface area contributed by atoms with Crippen molar-refractivity contribution in [1.29, 1.82) is 0 Å². The van der Waals surface area contributed by atoms with Gasteiger partial charge >= 0.3 is 0 Å². The molecule has 2 rings (SSSR count). The third-order valence-corrected chi connectivity index (χ3v) is 4.15. The van der Waals surface area contributed by atoms with E-state index in [4.69, 9.17) is 4.74 Å². The summed E-state index contributed by atoms with van der Waals surface area (Å²) in [6.45, 7) is 0. The van der Waals surface area contributed by atoms with Gasteiger partial charge in [-0.25, -0.2) is 0 Å². The number of hydrogen-bond donors (Lipinski definition) is 1. The maximum Gasteiger partial charge on any atom is 0.0955 e. The van der Waals surface area contributed by atoms with Crippen molar-refractivity contribution in [2.75, 3.05) is 7.11 Å². The zero-order chi connectivity index (χ0) is 10.7. The Morgan fingerprint density at radius 1 is 1.60 bits per heavy atom. The van der Waals surface area contributed by atoms with E-state index < -0.39 is 5.60 Å². The van der Waals surface area contributed by atoms with Crippen molar-refractivity contribution in [2.24, 2.45) is 0 Å². The largest absolute Gasteiger partial charge is 0.387 e. The molecule has 1 N–H and O–H groups in total. The van der Waals surface area contributed by atoms with Crippen LogP contribution in [0.25, 0.3) is 0 Å². The highest BCUT2D eigenvalue weighted by atomic mass is 32.1. The third kappa shape index (κ3) is 2.41. The van der Waals surface area contributed by atoms with Crippen molar-refractivity contribution >= 4 is 11.3 Å². The van der Waals surface area contributed by atoms with Crippen LogP contribution in [0.15, 0.2) is 17.5 Å². The first-order valence-electron chi connectivity index (χ1n) is 5.52. The van der Waals surface area contributed by atoms with Crippen molar-refractivity contribution in [3.8, 4) is 0 Å². The summed E-state index contributed by atoms with van der Waals surface area (Å²) < 4.78 is 5.41. The first-order valence-corrected chi connectivity index (χ1v) is 6.40. The molecule has 2 atom stereocenters. The van der Waals surface area contributed by atoms with Gasteiger partial charge in [-0.05, 0) is 24.3 Å². The zero-order valence-electron chi connectivity index (χ0n) is 9.11. The van der Waals surface area contributed by atoms with Crippen LogP contribution in [0.5, 0.6) is 0 Å². The Balaban J connectivity index is 2.09. The molecule has 1 heterocycles. The molecular formula is C12H18O2S. The summed E-state index contributed by atoms with van der Waals surface area (Å²) in [4.78, 5) is 1.25. The zero-order valence-corrected chi connectivity index (χ0v) is 9.93. The Kier molecular flexibility index (Phi) is 3.44. The van der Waals surface area contributed by atoms with E-state index in [1.807, 2.05) is 6.07 Å². The molecule has 0 spiro atoms. The van der Waals surface area contributed by atoms with Crippen LogP contribution in [0.4, 0.5) is 0 Å². The standard InChI is InChI=1S/C12H18O2S/c1-14-11-6-2-3-7-12(11,13)9-10-5-4-8-15-10/h4-5,8,11,13H,2-3,6-7,9H2,1H3. The topological polar surface area (TPSA) is 29.5 Å². The molecule has 1 fully saturated rings. The van der Waals surface area contributed by atoms with E-state index in [1.165, 1.54) is 11.3 Å². The molecule has 3 heteroatoms. The summed E-state index contributed by atoms with van der Waals surface area (Å²) in [6, 6.07) is 4.12. The molecule has 1 aliphatic rings. The highest BCUT2D eigenvalue weighted by molar-refractivity contribution is 7.09. The predicted molar refractivity (Wildman–Crippen MR) is 62.2 cm³/mol. The minimum atomic E-state index is -0.641. The Hall–Kier alpha value is -0.380. The van der Waals surface area contributed by atoms with E-state index in [0.717, 1.165) is 25.7 Å². The van der Waals surface area contributed by atoms with Crippen LogP contribution in [0.1, 0.15) is 30.6 Å². The van der Waals surface area contributed by atoms with E-state index in [2.05, 4.69) is 11.4 Å². The molecule has 2 nitrogen and oxygen atoms in total. The molecule has 0 bridgehead atoms. The lowest BCUT2D eigenvalue weighted by Crippen LogP contribution is -2.47. The van der Waals surface area contributed by atoms with Crippen molar-refractivity contribution < 1.29 is 9.84 Å². The van der Waals surface area contributed by atoms with Gasteiger partial charge in [0.05, 0.1) is 11.7 Å². The van der Waals surface area contributed by atoms with E-state index in [1.54, 1.807) is 18.4 Å². The molecule has 1 aromatic rings. The minimum absolute atomic E-state index is 0.00773. The van der Waals surface area contributed by atoms with Gasteiger partial charge in [-0.2, -0.15) is 0 Å². The second-order valence-corrected chi connectivity index (χ2v) is 5.36. The van der Waals surface area contributed by atoms with E-state index in [0.29, 0.717) is 0 Å². The van der Waals surface area contributed by atoms with Crippen LogP contribution in [-0.4, -0.2) is 23.9 Å². The van der Waals surface area contributed by atoms with Crippen molar-refractivity contribution in [3.05, 3.63) is 22.4 Å². The fourth-order valence-electron chi connectivity index (χ4n) is 2.44. The van der Waals surface area contributed by atoms with Gasteiger partial charge in [-0.3, -0.25) is 0 Å². The van der Waals surface area contributed by atoms with Crippen LogP contribution in [-0.2, 0) is 11.2 Å². The number of hydrogen-bond acceptors (Lipinski definition) is 3. The van der Waals surface area contributed by atoms with Gasteiger partial charge in [-0.1, -0.05) is 18.9 Å². The number of ether oxygens (including phenoxy) is 1. The molecule has 0 aliphatic heterocycles. The SMILES string of the molecule is COC1CCCCC1(O)Cc1cccs1. The van der Waals surface area contributed by atoms with Gasteiger partial charge in [0.1, 0.15) is 0 Å². The Morgan fingerprint density at radius 3 is 3.13 bits per heavy atom. The lowest BCUT2D eigenvalue weighted by atomic mass is 9.79. The van der Waals surface area contributed by atoms with Crippen molar-refractivity contribution in [3.63, 3.8) is 0 Å². The van der Waals surface area contributed by atoms with Gasteiger partial charge in [0.15, 0.2) is 0 Å².